The second kappa shape index (κ2) is 5.52. The van der Waals surface area contributed by atoms with Gasteiger partial charge in [0.05, 0.1) is 16.6 Å². The maximum Gasteiger partial charge on any atom is 0.175 e. The van der Waals surface area contributed by atoms with E-state index in [2.05, 4.69) is 12.2 Å². The Hall–Kier alpha value is -1.23. The summed E-state index contributed by atoms with van der Waals surface area (Å²) in [5.74, 6) is 1.53. The fourth-order valence-corrected chi connectivity index (χ4v) is 4.16. The van der Waals surface area contributed by atoms with Crippen LogP contribution in [0.2, 0.25) is 0 Å². The van der Waals surface area contributed by atoms with E-state index >= 15 is 0 Å². The number of fused-ring (bicyclic) bond motifs is 2. The molecule has 1 aliphatic carbocycles. The Kier molecular flexibility index (Phi) is 3.86. The summed E-state index contributed by atoms with van der Waals surface area (Å²) in [5.41, 5.74) is 0.816. The molecule has 3 atom stereocenters. The lowest BCUT2D eigenvalue weighted by Gasteiger charge is -2.41. The van der Waals surface area contributed by atoms with Gasteiger partial charge in [-0.1, -0.05) is 19.8 Å². The van der Waals surface area contributed by atoms with Gasteiger partial charge in [-0.3, -0.25) is 0 Å². The van der Waals surface area contributed by atoms with Gasteiger partial charge in [0.25, 0.3) is 0 Å². The highest BCUT2D eigenvalue weighted by atomic mass is 32.2. The molecule has 5 heteroatoms. The van der Waals surface area contributed by atoms with Crippen molar-refractivity contribution in [3.05, 3.63) is 18.2 Å². The molecule has 1 aromatic carbocycles. The molecule has 1 N–H and O–H groups in total. The normalized spacial score (nSPS) is 28.0. The Balaban J connectivity index is 1.83. The van der Waals surface area contributed by atoms with Gasteiger partial charge >= 0.3 is 0 Å². The van der Waals surface area contributed by atoms with Crippen LogP contribution in [-0.2, 0) is 9.84 Å². The average Bonchev–Trinajstić information content (AvgIpc) is 2.44. The van der Waals surface area contributed by atoms with Crippen LogP contribution in [0.15, 0.2) is 23.1 Å². The third kappa shape index (κ3) is 3.03. The zero-order chi connectivity index (χ0) is 15.0. The molecule has 21 heavy (non-hydrogen) atoms. The lowest BCUT2D eigenvalue weighted by atomic mass is 9.80. The van der Waals surface area contributed by atoms with E-state index in [4.69, 9.17) is 4.74 Å². The SMILES string of the molecule is CCCC1CCC2Oc3ccc(S(C)(=O)=O)cc3NC2C1. The molecule has 1 heterocycles. The van der Waals surface area contributed by atoms with Crippen molar-refractivity contribution >= 4 is 15.5 Å². The van der Waals surface area contributed by atoms with Gasteiger partial charge in [0.2, 0.25) is 0 Å². The number of sulfone groups is 1. The van der Waals surface area contributed by atoms with E-state index in [1.807, 2.05) is 0 Å². The molecule has 3 unspecified atom stereocenters. The van der Waals surface area contributed by atoms with Crippen LogP contribution in [0.5, 0.6) is 5.75 Å². The predicted molar refractivity (Wildman–Crippen MR) is 83.6 cm³/mol. The summed E-state index contributed by atoms with van der Waals surface area (Å²) in [6.45, 7) is 2.23. The van der Waals surface area contributed by atoms with Crippen LogP contribution in [-0.4, -0.2) is 26.8 Å². The molecule has 1 saturated carbocycles. The first-order valence-corrected chi connectivity index (χ1v) is 9.64. The Bertz CT molecular complexity index is 626. The second-order valence-electron chi connectivity index (χ2n) is 6.31. The number of ether oxygens (including phenoxy) is 1. The lowest BCUT2D eigenvalue weighted by Crippen LogP contribution is -2.45. The van der Waals surface area contributed by atoms with Crippen LogP contribution in [0.1, 0.15) is 39.0 Å². The van der Waals surface area contributed by atoms with Gasteiger partial charge in [-0.2, -0.15) is 0 Å². The van der Waals surface area contributed by atoms with Crippen LogP contribution in [0.3, 0.4) is 0 Å². The molecule has 0 aromatic heterocycles. The highest BCUT2D eigenvalue weighted by molar-refractivity contribution is 7.90. The largest absolute Gasteiger partial charge is 0.486 e. The number of benzene rings is 1. The Morgan fingerprint density at radius 2 is 2.14 bits per heavy atom. The molecule has 1 aliphatic heterocycles. The summed E-state index contributed by atoms with van der Waals surface area (Å²) >= 11 is 0. The molecular weight excluding hydrogens is 286 g/mol. The third-order valence-corrected chi connectivity index (χ3v) is 5.70. The summed E-state index contributed by atoms with van der Waals surface area (Å²) in [4.78, 5) is 0.344. The lowest BCUT2D eigenvalue weighted by molar-refractivity contribution is 0.105. The molecule has 2 aliphatic rings. The second-order valence-corrected chi connectivity index (χ2v) is 8.32. The predicted octanol–water partition coefficient (Wildman–Crippen LogP) is 3.23. The van der Waals surface area contributed by atoms with Crippen molar-refractivity contribution in [1.82, 2.24) is 0 Å². The quantitative estimate of drug-likeness (QED) is 0.931. The van der Waals surface area contributed by atoms with E-state index in [9.17, 15) is 8.42 Å². The summed E-state index contributed by atoms with van der Waals surface area (Å²) in [7, 11) is -3.18. The molecule has 1 fully saturated rings. The zero-order valence-corrected chi connectivity index (χ0v) is 13.4. The molecule has 116 valence electrons. The van der Waals surface area contributed by atoms with Gasteiger partial charge in [-0.05, 0) is 43.4 Å². The molecule has 0 radical (unpaired) electrons. The van der Waals surface area contributed by atoms with Gasteiger partial charge < -0.3 is 10.1 Å². The molecule has 0 bridgehead atoms. The fourth-order valence-electron chi connectivity index (χ4n) is 3.51. The first-order chi connectivity index (χ1) is 9.97. The van der Waals surface area contributed by atoms with Crippen LogP contribution in [0, 0.1) is 5.92 Å². The number of nitrogens with one attached hydrogen (secondary N) is 1. The molecular formula is C16H23NO3S. The average molecular weight is 309 g/mol. The van der Waals surface area contributed by atoms with Crippen molar-refractivity contribution in [3.63, 3.8) is 0 Å². The van der Waals surface area contributed by atoms with Gasteiger partial charge in [0, 0.05) is 6.26 Å². The highest BCUT2D eigenvalue weighted by Gasteiger charge is 2.35. The van der Waals surface area contributed by atoms with Crippen LogP contribution >= 0.6 is 0 Å². The van der Waals surface area contributed by atoms with Crippen molar-refractivity contribution in [2.75, 3.05) is 11.6 Å². The molecule has 0 amide bonds. The fraction of sp³-hybridized carbons (Fsp3) is 0.625. The number of anilines is 1. The highest BCUT2D eigenvalue weighted by Crippen LogP contribution is 2.39. The molecule has 1 aromatic rings. The van der Waals surface area contributed by atoms with Gasteiger partial charge in [0.15, 0.2) is 9.84 Å². The molecule has 3 rings (SSSR count). The van der Waals surface area contributed by atoms with E-state index in [-0.39, 0.29) is 6.10 Å². The topological polar surface area (TPSA) is 55.4 Å². The van der Waals surface area contributed by atoms with Gasteiger partial charge in [-0.15, -0.1) is 0 Å². The maximum atomic E-state index is 11.7. The number of rotatable bonds is 3. The summed E-state index contributed by atoms with van der Waals surface area (Å²) in [6.07, 6.45) is 7.36. The van der Waals surface area contributed by atoms with Crippen molar-refractivity contribution in [1.29, 1.82) is 0 Å². The summed E-state index contributed by atoms with van der Waals surface area (Å²) in [5, 5.41) is 3.51. The Labute approximate surface area is 126 Å². The minimum absolute atomic E-state index is 0.217. The standard InChI is InChI=1S/C16H23NO3S/c1-3-4-11-5-7-15-13(9-11)17-14-10-12(21(2,18)19)6-8-16(14)20-15/h6,8,10-11,13,15,17H,3-5,7,9H2,1-2H3. The first-order valence-electron chi connectivity index (χ1n) is 7.74. The van der Waals surface area contributed by atoms with E-state index in [0.717, 1.165) is 30.2 Å². The minimum atomic E-state index is -3.18. The minimum Gasteiger partial charge on any atom is -0.486 e. The van der Waals surface area contributed by atoms with Crippen molar-refractivity contribution in [2.24, 2.45) is 5.92 Å². The van der Waals surface area contributed by atoms with Crippen LogP contribution < -0.4 is 10.1 Å². The summed E-state index contributed by atoms with van der Waals surface area (Å²) < 4.78 is 29.4. The van der Waals surface area contributed by atoms with E-state index in [1.54, 1.807) is 18.2 Å². The van der Waals surface area contributed by atoms with Crippen LogP contribution in [0.4, 0.5) is 5.69 Å². The third-order valence-electron chi connectivity index (χ3n) is 4.59. The Morgan fingerprint density at radius 3 is 2.86 bits per heavy atom. The monoisotopic (exact) mass is 309 g/mol. The van der Waals surface area contributed by atoms with E-state index in [1.165, 1.54) is 25.5 Å². The van der Waals surface area contributed by atoms with Crippen molar-refractivity contribution in [3.8, 4) is 5.75 Å². The number of hydrogen-bond acceptors (Lipinski definition) is 4. The van der Waals surface area contributed by atoms with Crippen LogP contribution in [0.25, 0.3) is 0 Å². The number of hydrogen-bond donors (Lipinski definition) is 1. The van der Waals surface area contributed by atoms with E-state index in [0.29, 0.717) is 10.9 Å². The van der Waals surface area contributed by atoms with Crippen molar-refractivity contribution in [2.45, 2.75) is 56.1 Å². The smallest absolute Gasteiger partial charge is 0.175 e. The Morgan fingerprint density at radius 1 is 1.33 bits per heavy atom. The van der Waals surface area contributed by atoms with Gasteiger partial charge in [-0.25, -0.2) is 8.42 Å². The summed E-state index contributed by atoms with van der Waals surface area (Å²) in [6, 6.07) is 5.40. The first kappa shape index (κ1) is 14.7. The molecule has 0 spiro atoms. The van der Waals surface area contributed by atoms with Crippen molar-refractivity contribution < 1.29 is 13.2 Å². The zero-order valence-electron chi connectivity index (χ0n) is 12.6. The van der Waals surface area contributed by atoms with E-state index < -0.39 is 9.84 Å². The van der Waals surface area contributed by atoms with Gasteiger partial charge in [0.1, 0.15) is 11.9 Å². The molecule has 0 saturated heterocycles. The molecule has 4 nitrogen and oxygen atoms in total. The maximum absolute atomic E-state index is 11.7.